The summed E-state index contributed by atoms with van der Waals surface area (Å²) in [6, 6.07) is 5.59. The van der Waals surface area contributed by atoms with Crippen molar-refractivity contribution in [1.29, 1.82) is 0 Å². The van der Waals surface area contributed by atoms with Crippen LogP contribution in [0.15, 0.2) is 18.2 Å². The number of carbonyl (C=O) groups is 1. The van der Waals surface area contributed by atoms with Gasteiger partial charge < -0.3 is 4.74 Å². The molecule has 0 fully saturated rings. The van der Waals surface area contributed by atoms with Crippen molar-refractivity contribution in [2.24, 2.45) is 0 Å². The number of ether oxygens (including phenoxy) is 1. The van der Waals surface area contributed by atoms with Crippen LogP contribution in [0.4, 0.5) is 0 Å². The Morgan fingerprint density at radius 2 is 2.27 bits per heavy atom. The van der Waals surface area contributed by atoms with E-state index < -0.39 is 0 Å². The number of esters is 1. The average molecular weight is 245 g/mol. The lowest BCUT2D eigenvalue weighted by Crippen LogP contribution is -2.02. The minimum atomic E-state index is -0.295. The number of rotatable bonds is 4. The number of benzene rings is 1. The van der Waals surface area contributed by atoms with Gasteiger partial charge in [0.05, 0.1) is 12.7 Å². The van der Waals surface area contributed by atoms with Crippen molar-refractivity contribution in [1.82, 2.24) is 0 Å². The van der Waals surface area contributed by atoms with Crippen LogP contribution in [0.25, 0.3) is 0 Å². The van der Waals surface area contributed by atoms with Crippen molar-refractivity contribution in [3.63, 3.8) is 0 Å². The zero-order valence-corrected chi connectivity index (χ0v) is 10.3. The lowest BCUT2D eigenvalue weighted by Gasteiger charge is -2.06. The summed E-state index contributed by atoms with van der Waals surface area (Å²) in [5, 5.41) is 0. The highest BCUT2D eigenvalue weighted by Gasteiger charge is 2.07. The second-order valence-corrected chi connectivity index (χ2v) is 4.48. The molecule has 82 valence electrons. The van der Waals surface area contributed by atoms with E-state index in [4.69, 9.17) is 10.7 Å². The van der Waals surface area contributed by atoms with Crippen LogP contribution in [0.3, 0.4) is 0 Å². The van der Waals surface area contributed by atoms with E-state index >= 15 is 0 Å². The molecule has 0 saturated heterocycles. The van der Waals surface area contributed by atoms with Crippen LogP contribution in [0.5, 0.6) is 0 Å². The predicted molar refractivity (Wildman–Crippen MR) is 64.5 cm³/mol. The fourth-order valence-corrected chi connectivity index (χ4v) is 1.90. The van der Waals surface area contributed by atoms with Gasteiger partial charge in [0.2, 0.25) is 0 Å². The van der Waals surface area contributed by atoms with Crippen molar-refractivity contribution in [2.45, 2.75) is 13.3 Å². The van der Waals surface area contributed by atoms with Crippen LogP contribution >= 0.6 is 21.7 Å². The third-order valence-corrected chi connectivity index (χ3v) is 3.03. The summed E-state index contributed by atoms with van der Waals surface area (Å²) in [5.41, 5.74) is 2.91. The van der Waals surface area contributed by atoms with Crippen LogP contribution < -0.4 is 0 Å². The second kappa shape index (κ2) is 6.03. The van der Waals surface area contributed by atoms with Crippen molar-refractivity contribution in [3.05, 3.63) is 34.9 Å². The normalized spacial score (nSPS) is 10.1. The van der Waals surface area contributed by atoms with Crippen LogP contribution in [0.2, 0.25) is 0 Å². The molecule has 1 aromatic carbocycles. The number of methoxy groups -OCH3 is 1. The first-order valence-electron chi connectivity index (χ1n) is 4.60. The number of halogens is 1. The van der Waals surface area contributed by atoms with Gasteiger partial charge in [0, 0.05) is 5.75 Å². The summed E-state index contributed by atoms with van der Waals surface area (Å²) in [4.78, 5) is 11.2. The third kappa shape index (κ3) is 3.43. The minimum Gasteiger partial charge on any atom is -0.465 e. The first-order chi connectivity index (χ1) is 7.19. The molecule has 0 aliphatic rings. The fourth-order valence-electron chi connectivity index (χ4n) is 1.37. The van der Waals surface area contributed by atoms with Gasteiger partial charge in [-0.05, 0) is 47.3 Å². The highest BCUT2D eigenvalue weighted by molar-refractivity contribution is 8.21. The topological polar surface area (TPSA) is 26.3 Å². The Labute approximate surface area is 98.5 Å². The molecular formula is C11H13ClO2S. The molecule has 0 unspecified atom stereocenters. The lowest BCUT2D eigenvalue weighted by molar-refractivity contribution is 0.0600. The summed E-state index contributed by atoms with van der Waals surface area (Å²) >= 11 is 0. The molecule has 0 aliphatic carbocycles. The third-order valence-electron chi connectivity index (χ3n) is 2.21. The molecule has 0 radical (unpaired) electrons. The Morgan fingerprint density at radius 3 is 2.80 bits per heavy atom. The van der Waals surface area contributed by atoms with Crippen LogP contribution in [0.1, 0.15) is 21.5 Å². The highest BCUT2D eigenvalue weighted by atomic mass is 35.7. The van der Waals surface area contributed by atoms with Crippen molar-refractivity contribution < 1.29 is 9.53 Å². The monoisotopic (exact) mass is 244 g/mol. The van der Waals surface area contributed by atoms with Crippen molar-refractivity contribution in [3.8, 4) is 0 Å². The van der Waals surface area contributed by atoms with E-state index in [1.807, 2.05) is 19.1 Å². The molecule has 1 aromatic rings. The summed E-state index contributed by atoms with van der Waals surface area (Å²) in [7, 11) is 8.24. The van der Waals surface area contributed by atoms with Gasteiger partial charge in [-0.2, -0.15) is 0 Å². The van der Waals surface area contributed by atoms with Crippen molar-refractivity contribution >= 4 is 27.6 Å². The van der Waals surface area contributed by atoms with Gasteiger partial charge in [0.25, 0.3) is 0 Å². The molecule has 4 heteroatoms. The van der Waals surface area contributed by atoms with Crippen LogP contribution in [-0.4, -0.2) is 18.8 Å². The van der Waals surface area contributed by atoms with E-state index in [9.17, 15) is 4.79 Å². The Bertz CT molecular complexity index is 352. The van der Waals surface area contributed by atoms with Gasteiger partial charge in [-0.1, -0.05) is 17.0 Å². The van der Waals surface area contributed by atoms with Gasteiger partial charge in [0.1, 0.15) is 0 Å². The molecule has 15 heavy (non-hydrogen) atoms. The average Bonchev–Trinajstić information content (AvgIpc) is 2.26. The maximum atomic E-state index is 11.2. The molecule has 0 spiro atoms. The van der Waals surface area contributed by atoms with Gasteiger partial charge in [-0.3, -0.25) is 0 Å². The second-order valence-electron chi connectivity index (χ2n) is 3.20. The van der Waals surface area contributed by atoms with Gasteiger partial charge >= 0.3 is 5.97 Å². The maximum Gasteiger partial charge on any atom is 0.337 e. The van der Waals surface area contributed by atoms with E-state index in [0.29, 0.717) is 5.56 Å². The number of hydrogen-bond donors (Lipinski definition) is 0. The van der Waals surface area contributed by atoms with E-state index in [0.717, 1.165) is 17.7 Å². The minimum absolute atomic E-state index is 0.295. The summed E-state index contributed by atoms with van der Waals surface area (Å²) in [6.45, 7) is 1.99. The van der Waals surface area contributed by atoms with Gasteiger partial charge in [0.15, 0.2) is 0 Å². The number of aryl methyl sites for hydroxylation is 2. The van der Waals surface area contributed by atoms with Crippen LogP contribution in [0, 0.1) is 6.92 Å². The van der Waals surface area contributed by atoms with E-state index in [2.05, 4.69) is 4.74 Å². The zero-order chi connectivity index (χ0) is 11.3. The van der Waals surface area contributed by atoms with Gasteiger partial charge in [-0.15, -0.1) is 0 Å². The first kappa shape index (κ1) is 12.4. The Kier molecular flexibility index (Phi) is 4.99. The van der Waals surface area contributed by atoms with E-state index in [-0.39, 0.29) is 5.97 Å². The fraction of sp³-hybridized carbons (Fsp3) is 0.364. The van der Waals surface area contributed by atoms with Gasteiger partial charge in [-0.25, -0.2) is 4.79 Å². The Hall–Kier alpha value is -0.670. The molecule has 0 amide bonds. The first-order valence-corrected chi connectivity index (χ1v) is 6.41. The zero-order valence-electron chi connectivity index (χ0n) is 8.75. The Morgan fingerprint density at radius 1 is 1.53 bits per heavy atom. The molecule has 0 saturated carbocycles. The maximum absolute atomic E-state index is 11.2. The number of hydrogen-bond acceptors (Lipinski definition) is 3. The molecular weight excluding hydrogens is 232 g/mol. The molecule has 0 aliphatic heterocycles. The smallest absolute Gasteiger partial charge is 0.337 e. The molecule has 0 aromatic heterocycles. The quantitative estimate of drug-likeness (QED) is 0.761. The van der Waals surface area contributed by atoms with Crippen molar-refractivity contribution in [2.75, 3.05) is 12.9 Å². The Balaban J connectivity index is 2.83. The predicted octanol–water partition coefficient (Wildman–Crippen LogP) is 3.21. The molecule has 0 bridgehead atoms. The summed E-state index contributed by atoms with van der Waals surface area (Å²) < 4.78 is 4.65. The standard InChI is InChI=1S/C11H13ClO2S/c1-8-7-10(11(13)14-2)4-3-9(8)5-6-15-12/h3-4,7H,5-6H2,1-2H3. The summed E-state index contributed by atoms with van der Waals surface area (Å²) in [5.74, 6) is 0.580. The highest BCUT2D eigenvalue weighted by Crippen LogP contribution is 2.16. The molecule has 0 heterocycles. The SMILES string of the molecule is COC(=O)c1ccc(CCSCl)c(C)c1. The lowest BCUT2D eigenvalue weighted by atomic mass is 10.0. The number of carbonyl (C=O) groups excluding carboxylic acids is 1. The van der Waals surface area contributed by atoms with Crippen LogP contribution in [-0.2, 0) is 11.2 Å². The molecule has 2 nitrogen and oxygen atoms in total. The largest absolute Gasteiger partial charge is 0.465 e. The van der Waals surface area contributed by atoms with E-state index in [1.54, 1.807) is 6.07 Å². The summed E-state index contributed by atoms with van der Waals surface area (Å²) in [6.07, 6.45) is 0.918. The molecule has 0 atom stereocenters. The molecule has 0 N–H and O–H groups in total. The van der Waals surface area contributed by atoms with E-state index in [1.165, 1.54) is 23.6 Å². The molecule has 1 rings (SSSR count).